The SMILES string of the molecule is Cc1c(OC2CCN(C)CC2)ccc2cc(NC(=O)Nc3cccc(C#N)c3)c(=O)oc12. The van der Waals surface area contributed by atoms with Crippen LogP contribution in [0.2, 0.25) is 0 Å². The molecular formula is C24H24N4O4. The highest BCUT2D eigenvalue weighted by Gasteiger charge is 2.20. The van der Waals surface area contributed by atoms with E-state index in [1.807, 2.05) is 25.1 Å². The summed E-state index contributed by atoms with van der Waals surface area (Å²) in [6.45, 7) is 3.84. The summed E-state index contributed by atoms with van der Waals surface area (Å²) in [5.41, 5.74) is 1.42. The summed E-state index contributed by atoms with van der Waals surface area (Å²) < 4.78 is 11.7. The molecule has 32 heavy (non-hydrogen) atoms. The number of benzene rings is 2. The number of hydrogen-bond donors (Lipinski definition) is 2. The number of nitrogens with one attached hydrogen (secondary N) is 2. The lowest BCUT2D eigenvalue weighted by molar-refractivity contribution is 0.113. The third-order valence-electron chi connectivity index (χ3n) is 5.56. The lowest BCUT2D eigenvalue weighted by Crippen LogP contribution is -2.35. The highest BCUT2D eigenvalue weighted by Crippen LogP contribution is 2.29. The van der Waals surface area contributed by atoms with E-state index in [1.165, 1.54) is 6.07 Å². The van der Waals surface area contributed by atoms with Crippen LogP contribution in [0.25, 0.3) is 11.0 Å². The van der Waals surface area contributed by atoms with Crippen molar-refractivity contribution in [3.05, 3.63) is 64.0 Å². The maximum Gasteiger partial charge on any atom is 0.360 e. The number of aryl methyl sites for hydroxylation is 1. The summed E-state index contributed by atoms with van der Waals surface area (Å²) in [6.07, 6.45) is 2.04. The number of anilines is 2. The van der Waals surface area contributed by atoms with E-state index in [4.69, 9.17) is 14.4 Å². The Kier molecular flexibility index (Phi) is 6.10. The van der Waals surface area contributed by atoms with Gasteiger partial charge in [0.15, 0.2) is 0 Å². The lowest BCUT2D eigenvalue weighted by Gasteiger charge is -2.29. The standard InChI is InChI=1S/C24H24N4O4/c1-15-21(31-19-8-10-28(2)11-9-19)7-6-17-13-20(23(29)32-22(15)17)27-24(30)26-18-5-3-4-16(12-18)14-25/h3-7,12-13,19H,8-11H2,1-2H3,(H2,26,27,30). The molecule has 0 bridgehead atoms. The van der Waals surface area contributed by atoms with Crippen molar-refractivity contribution >= 4 is 28.4 Å². The number of amides is 2. The number of carbonyl (C=O) groups is 1. The number of carbonyl (C=O) groups excluding carboxylic acids is 1. The normalized spacial score (nSPS) is 14.7. The van der Waals surface area contributed by atoms with Crippen molar-refractivity contribution in [2.24, 2.45) is 0 Å². The number of nitrogens with zero attached hydrogens (tertiary/aromatic N) is 2. The monoisotopic (exact) mass is 432 g/mol. The molecule has 2 aromatic carbocycles. The molecule has 1 aromatic heterocycles. The summed E-state index contributed by atoms with van der Waals surface area (Å²) in [6, 6.07) is 13.1. The maximum atomic E-state index is 12.5. The smallest absolute Gasteiger partial charge is 0.360 e. The molecule has 2 amide bonds. The Bertz CT molecular complexity index is 1250. The van der Waals surface area contributed by atoms with Crippen LogP contribution < -0.4 is 21.0 Å². The van der Waals surface area contributed by atoms with Crippen molar-refractivity contribution in [1.82, 2.24) is 4.90 Å². The molecule has 1 aliphatic heterocycles. The first-order valence-electron chi connectivity index (χ1n) is 10.4. The second-order valence-electron chi connectivity index (χ2n) is 7.95. The maximum absolute atomic E-state index is 12.5. The number of likely N-dealkylation sites (tertiary alicyclic amines) is 1. The Morgan fingerprint density at radius 1 is 1.19 bits per heavy atom. The topological polar surface area (TPSA) is 108 Å². The third kappa shape index (κ3) is 4.74. The minimum Gasteiger partial charge on any atom is -0.490 e. The summed E-state index contributed by atoms with van der Waals surface area (Å²) in [4.78, 5) is 27.1. The Hall–Kier alpha value is -3.83. The van der Waals surface area contributed by atoms with E-state index in [9.17, 15) is 9.59 Å². The van der Waals surface area contributed by atoms with Crippen LogP contribution in [0.15, 0.2) is 51.7 Å². The second-order valence-corrected chi connectivity index (χ2v) is 7.95. The van der Waals surface area contributed by atoms with Crippen LogP contribution in [-0.2, 0) is 0 Å². The van der Waals surface area contributed by atoms with Crippen LogP contribution in [0.5, 0.6) is 5.75 Å². The Labute approximate surface area is 185 Å². The average molecular weight is 432 g/mol. The number of hydrogen-bond acceptors (Lipinski definition) is 6. The zero-order valence-corrected chi connectivity index (χ0v) is 18.0. The minimum absolute atomic E-state index is 0.0230. The fraction of sp³-hybridized carbons (Fsp3) is 0.292. The average Bonchev–Trinajstić information content (AvgIpc) is 2.78. The Morgan fingerprint density at radius 3 is 2.72 bits per heavy atom. The first kappa shape index (κ1) is 21.4. The molecule has 2 N–H and O–H groups in total. The summed E-state index contributed by atoms with van der Waals surface area (Å²) >= 11 is 0. The van der Waals surface area contributed by atoms with Gasteiger partial charge in [-0.25, -0.2) is 9.59 Å². The summed E-state index contributed by atoms with van der Waals surface area (Å²) in [5.74, 6) is 0.700. The van der Waals surface area contributed by atoms with Crippen LogP contribution in [0, 0.1) is 18.3 Å². The zero-order valence-electron chi connectivity index (χ0n) is 18.0. The zero-order chi connectivity index (χ0) is 22.7. The molecule has 8 nitrogen and oxygen atoms in total. The fourth-order valence-corrected chi connectivity index (χ4v) is 3.75. The van der Waals surface area contributed by atoms with E-state index in [0.29, 0.717) is 28.0 Å². The van der Waals surface area contributed by atoms with E-state index in [1.54, 1.807) is 24.3 Å². The van der Waals surface area contributed by atoms with Gasteiger partial charge in [-0.05, 0) is 63.2 Å². The van der Waals surface area contributed by atoms with Gasteiger partial charge < -0.3 is 24.7 Å². The fourth-order valence-electron chi connectivity index (χ4n) is 3.75. The van der Waals surface area contributed by atoms with Gasteiger partial charge in [-0.2, -0.15) is 5.26 Å². The molecule has 8 heteroatoms. The minimum atomic E-state index is -0.655. The van der Waals surface area contributed by atoms with E-state index in [-0.39, 0.29) is 11.8 Å². The van der Waals surface area contributed by atoms with Crippen LogP contribution in [0.1, 0.15) is 24.0 Å². The van der Waals surface area contributed by atoms with Gasteiger partial charge >= 0.3 is 11.7 Å². The molecule has 164 valence electrons. The van der Waals surface area contributed by atoms with Crippen LogP contribution in [0.3, 0.4) is 0 Å². The van der Waals surface area contributed by atoms with Gasteiger partial charge in [0.1, 0.15) is 23.1 Å². The summed E-state index contributed by atoms with van der Waals surface area (Å²) in [5, 5.41) is 14.8. The van der Waals surface area contributed by atoms with Crippen LogP contribution in [0.4, 0.5) is 16.2 Å². The van der Waals surface area contributed by atoms with Crippen molar-refractivity contribution < 1.29 is 13.9 Å². The molecule has 4 rings (SSSR count). The molecule has 0 atom stereocenters. The van der Waals surface area contributed by atoms with Gasteiger partial charge in [0.2, 0.25) is 0 Å². The molecule has 1 saturated heterocycles. The van der Waals surface area contributed by atoms with Gasteiger partial charge in [-0.15, -0.1) is 0 Å². The molecule has 0 aliphatic carbocycles. The largest absolute Gasteiger partial charge is 0.490 e. The summed E-state index contributed by atoms with van der Waals surface area (Å²) in [7, 11) is 2.10. The predicted molar refractivity (Wildman–Crippen MR) is 122 cm³/mol. The number of nitriles is 1. The number of fused-ring (bicyclic) bond motifs is 1. The molecule has 0 saturated carbocycles. The van der Waals surface area contributed by atoms with E-state index < -0.39 is 11.7 Å². The molecule has 0 spiro atoms. The molecule has 1 aliphatic rings. The van der Waals surface area contributed by atoms with Crippen molar-refractivity contribution in [1.29, 1.82) is 5.26 Å². The quantitative estimate of drug-likeness (QED) is 0.601. The molecule has 0 unspecified atom stereocenters. The lowest BCUT2D eigenvalue weighted by atomic mass is 10.1. The molecule has 0 radical (unpaired) electrons. The Balaban J connectivity index is 1.51. The van der Waals surface area contributed by atoms with Crippen molar-refractivity contribution in [2.75, 3.05) is 30.8 Å². The van der Waals surface area contributed by atoms with Gasteiger partial charge in [0, 0.05) is 29.7 Å². The molecular weight excluding hydrogens is 408 g/mol. The number of ether oxygens (including phenoxy) is 1. The first-order chi connectivity index (χ1) is 15.4. The van der Waals surface area contributed by atoms with Gasteiger partial charge in [-0.1, -0.05) is 6.07 Å². The molecule has 3 aromatic rings. The van der Waals surface area contributed by atoms with Crippen LogP contribution >= 0.6 is 0 Å². The highest BCUT2D eigenvalue weighted by atomic mass is 16.5. The van der Waals surface area contributed by atoms with E-state index in [0.717, 1.165) is 31.5 Å². The van der Waals surface area contributed by atoms with Crippen molar-refractivity contribution in [2.45, 2.75) is 25.9 Å². The van der Waals surface area contributed by atoms with Crippen molar-refractivity contribution in [3.8, 4) is 11.8 Å². The number of piperidine rings is 1. The van der Waals surface area contributed by atoms with Crippen LogP contribution in [-0.4, -0.2) is 37.2 Å². The highest BCUT2D eigenvalue weighted by molar-refractivity contribution is 6.00. The Morgan fingerprint density at radius 2 is 1.97 bits per heavy atom. The van der Waals surface area contributed by atoms with E-state index in [2.05, 4.69) is 22.6 Å². The molecule has 2 heterocycles. The van der Waals surface area contributed by atoms with Gasteiger partial charge in [-0.3, -0.25) is 0 Å². The number of rotatable bonds is 4. The second kappa shape index (κ2) is 9.12. The third-order valence-corrected chi connectivity index (χ3v) is 5.56. The predicted octanol–water partition coefficient (Wildman–Crippen LogP) is 4.09. The molecule has 1 fully saturated rings. The van der Waals surface area contributed by atoms with Gasteiger partial charge in [0.05, 0.1) is 11.6 Å². The van der Waals surface area contributed by atoms with Gasteiger partial charge in [0.25, 0.3) is 0 Å². The van der Waals surface area contributed by atoms with E-state index >= 15 is 0 Å². The first-order valence-corrected chi connectivity index (χ1v) is 10.4. The number of urea groups is 1. The van der Waals surface area contributed by atoms with Crippen molar-refractivity contribution in [3.63, 3.8) is 0 Å².